The number of halogens is 2. The molecule has 0 aromatic heterocycles. The van der Waals surface area contributed by atoms with Crippen LogP contribution < -0.4 is 0 Å². The molecule has 17 heavy (non-hydrogen) atoms. The number of benzene rings is 1. The van der Waals surface area contributed by atoms with Crippen LogP contribution in [0.25, 0.3) is 0 Å². The van der Waals surface area contributed by atoms with Crippen LogP contribution in [0.1, 0.15) is 25.3 Å². The van der Waals surface area contributed by atoms with E-state index in [1.54, 1.807) is 31.2 Å². The van der Waals surface area contributed by atoms with Crippen molar-refractivity contribution in [3.63, 3.8) is 0 Å². The molecule has 0 bridgehead atoms. The summed E-state index contributed by atoms with van der Waals surface area (Å²) < 4.78 is 14.0. The van der Waals surface area contributed by atoms with Crippen LogP contribution in [0.2, 0.25) is 5.02 Å². The SMILES string of the molecule is C[C@](c1ccc(Cl)cc1)(C1CC1)C(F)C(=O)O. The van der Waals surface area contributed by atoms with Crippen LogP contribution in [0.15, 0.2) is 24.3 Å². The van der Waals surface area contributed by atoms with Gasteiger partial charge in [0.25, 0.3) is 0 Å². The Bertz CT molecular complexity index is 428. The van der Waals surface area contributed by atoms with E-state index in [0.717, 1.165) is 12.8 Å². The van der Waals surface area contributed by atoms with Crippen LogP contribution in [-0.4, -0.2) is 17.2 Å². The molecule has 0 spiro atoms. The smallest absolute Gasteiger partial charge is 0.339 e. The highest BCUT2D eigenvalue weighted by Crippen LogP contribution is 2.50. The molecule has 2 rings (SSSR count). The highest BCUT2D eigenvalue weighted by atomic mass is 35.5. The molecule has 1 aliphatic rings. The molecule has 4 heteroatoms. The molecular weight excluding hydrogens is 243 g/mol. The standard InChI is InChI=1S/C13H14ClFO2/c1-13(8-2-3-8,11(15)12(16)17)9-4-6-10(14)7-5-9/h4-8,11H,2-3H2,1H3,(H,16,17)/t11?,13-/m1/s1. The maximum Gasteiger partial charge on any atom is 0.339 e. The average Bonchev–Trinajstić information content (AvgIpc) is 3.12. The van der Waals surface area contributed by atoms with Crippen molar-refractivity contribution < 1.29 is 14.3 Å². The summed E-state index contributed by atoms with van der Waals surface area (Å²) in [5.41, 5.74) is -0.240. The fraction of sp³-hybridized carbons (Fsp3) is 0.462. The summed E-state index contributed by atoms with van der Waals surface area (Å²) in [5, 5.41) is 9.48. The van der Waals surface area contributed by atoms with Crippen LogP contribution in [0, 0.1) is 5.92 Å². The molecule has 0 amide bonds. The summed E-state index contributed by atoms with van der Waals surface area (Å²) in [6.45, 7) is 1.69. The van der Waals surface area contributed by atoms with Gasteiger partial charge in [-0.05, 0) is 36.5 Å². The van der Waals surface area contributed by atoms with Crippen molar-refractivity contribution in [2.24, 2.45) is 5.92 Å². The van der Waals surface area contributed by atoms with Gasteiger partial charge in [-0.15, -0.1) is 0 Å². The van der Waals surface area contributed by atoms with E-state index >= 15 is 0 Å². The molecule has 1 aromatic carbocycles. The van der Waals surface area contributed by atoms with Gasteiger partial charge in [-0.3, -0.25) is 0 Å². The number of carboxylic acid groups (broad SMARTS) is 1. The first-order valence-electron chi connectivity index (χ1n) is 5.59. The fourth-order valence-electron chi connectivity index (χ4n) is 2.34. The van der Waals surface area contributed by atoms with Crippen molar-refractivity contribution in [1.29, 1.82) is 0 Å². The Kier molecular flexibility index (Phi) is 3.13. The number of hydrogen-bond acceptors (Lipinski definition) is 1. The van der Waals surface area contributed by atoms with E-state index in [4.69, 9.17) is 16.7 Å². The summed E-state index contributed by atoms with van der Waals surface area (Å²) in [6, 6.07) is 6.78. The van der Waals surface area contributed by atoms with Gasteiger partial charge in [-0.1, -0.05) is 30.7 Å². The Morgan fingerprint density at radius 3 is 2.41 bits per heavy atom. The highest BCUT2D eigenvalue weighted by Gasteiger charge is 2.51. The summed E-state index contributed by atoms with van der Waals surface area (Å²) in [4.78, 5) is 10.9. The zero-order valence-electron chi connectivity index (χ0n) is 9.49. The van der Waals surface area contributed by atoms with Gasteiger partial charge in [0, 0.05) is 10.4 Å². The lowest BCUT2D eigenvalue weighted by Crippen LogP contribution is -2.41. The van der Waals surface area contributed by atoms with Crippen LogP contribution in [0.4, 0.5) is 4.39 Å². The van der Waals surface area contributed by atoms with E-state index in [-0.39, 0.29) is 5.92 Å². The Morgan fingerprint density at radius 1 is 1.47 bits per heavy atom. The Morgan fingerprint density at radius 2 is 2.00 bits per heavy atom. The molecular formula is C13H14ClFO2. The fourth-order valence-corrected chi connectivity index (χ4v) is 2.46. The van der Waals surface area contributed by atoms with E-state index in [0.29, 0.717) is 10.6 Å². The number of rotatable bonds is 4. The monoisotopic (exact) mass is 256 g/mol. The third-order valence-corrected chi connectivity index (χ3v) is 3.89. The Labute approximate surface area is 104 Å². The Balaban J connectivity index is 2.40. The molecule has 0 saturated heterocycles. The van der Waals surface area contributed by atoms with Gasteiger partial charge in [0.1, 0.15) is 0 Å². The minimum absolute atomic E-state index is 0.106. The van der Waals surface area contributed by atoms with E-state index in [9.17, 15) is 9.18 Å². The molecule has 92 valence electrons. The molecule has 1 aromatic rings. The second-order valence-electron chi connectivity index (χ2n) is 4.76. The van der Waals surface area contributed by atoms with Gasteiger partial charge in [0.2, 0.25) is 6.17 Å². The molecule has 2 atom stereocenters. The molecule has 1 aliphatic carbocycles. The second kappa shape index (κ2) is 4.30. The predicted octanol–water partition coefficient (Wildman–Crippen LogP) is 3.43. The molecule has 0 aliphatic heterocycles. The molecule has 0 heterocycles. The topological polar surface area (TPSA) is 37.3 Å². The van der Waals surface area contributed by atoms with E-state index in [1.807, 2.05) is 0 Å². The van der Waals surface area contributed by atoms with Gasteiger partial charge < -0.3 is 5.11 Å². The van der Waals surface area contributed by atoms with Crippen molar-refractivity contribution in [3.8, 4) is 0 Å². The molecule has 1 N–H and O–H groups in total. The lowest BCUT2D eigenvalue weighted by molar-refractivity contribution is -0.146. The largest absolute Gasteiger partial charge is 0.479 e. The predicted molar refractivity (Wildman–Crippen MR) is 64.1 cm³/mol. The molecule has 2 nitrogen and oxygen atoms in total. The quantitative estimate of drug-likeness (QED) is 0.896. The minimum Gasteiger partial charge on any atom is -0.479 e. The van der Waals surface area contributed by atoms with Gasteiger partial charge in [-0.25, -0.2) is 9.18 Å². The summed E-state index contributed by atoms with van der Waals surface area (Å²) >= 11 is 5.79. The second-order valence-corrected chi connectivity index (χ2v) is 5.20. The summed E-state index contributed by atoms with van der Waals surface area (Å²) in [6.07, 6.45) is -0.115. The molecule has 1 fully saturated rings. The average molecular weight is 257 g/mol. The van der Waals surface area contributed by atoms with Gasteiger partial charge in [-0.2, -0.15) is 0 Å². The van der Waals surface area contributed by atoms with Gasteiger partial charge in [0.05, 0.1) is 0 Å². The first-order valence-corrected chi connectivity index (χ1v) is 5.97. The minimum atomic E-state index is -1.88. The molecule has 1 unspecified atom stereocenters. The zero-order valence-corrected chi connectivity index (χ0v) is 10.2. The number of carboxylic acids is 1. The zero-order chi connectivity index (χ0) is 12.6. The van der Waals surface area contributed by atoms with Crippen molar-refractivity contribution in [2.45, 2.75) is 31.4 Å². The third-order valence-electron chi connectivity index (χ3n) is 3.63. The van der Waals surface area contributed by atoms with E-state index in [1.165, 1.54) is 0 Å². The van der Waals surface area contributed by atoms with Crippen molar-refractivity contribution in [3.05, 3.63) is 34.9 Å². The number of aliphatic carboxylic acids is 1. The van der Waals surface area contributed by atoms with Crippen molar-refractivity contribution in [1.82, 2.24) is 0 Å². The normalized spacial score (nSPS) is 20.6. The first kappa shape index (κ1) is 12.4. The van der Waals surface area contributed by atoms with Gasteiger partial charge >= 0.3 is 5.97 Å². The van der Waals surface area contributed by atoms with Crippen LogP contribution >= 0.6 is 11.6 Å². The highest BCUT2D eigenvalue weighted by molar-refractivity contribution is 6.30. The summed E-state index contributed by atoms with van der Waals surface area (Å²) in [7, 11) is 0. The Hall–Kier alpha value is -1.09. The number of carbonyl (C=O) groups is 1. The van der Waals surface area contributed by atoms with Crippen molar-refractivity contribution in [2.75, 3.05) is 0 Å². The number of hydrogen-bond donors (Lipinski definition) is 1. The molecule has 1 saturated carbocycles. The van der Waals surface area contributed by atoms with Crippen LogP contribution in [-0.2, 0) is 10.2 Å². The summed E-state index contributed by atoms with van der Waals surface area (Å²) in [5.74, 6) is -1.29. The first-order chi connectivity index (χ1) is 7.96. The van der Waals surface area contributed by atoms with E-state index < -0.39 is 17.6 Å². The van der Waals surface area contributed by atoms with Crippen LogP contribution in [0.3, 0.4) is 0 Å². The van der Waals surface area contributed by atoms with Gasteiger partial charge in [0.15, 0.2) is 0 Å². The maximum atomic E-state index is 14.0. The lowest BCUT2D eigenvalue weighted by Gasteiger charge is -2.31. The van der Waals surface area contributed by atoms with Crippen molar-refractivity contribution >= 4 is 17.6 Å². The lowest BCUT2D eigenvalue weighted by atomic mass is 9.74. The third kappa shape index (κ3) is 2.16. The molecule has 0 radical (unpaired) electrons. The van der Waals surface area contributed by atoms with Crippen LogP contribution in [0.5, 0.6) is 0 Å². The maximum absolute atomic E-state index is 14.0. The van der Waals surface area contributed by atoms with E-state index in [2.05, 4.69) is 0 Å². The number of alkyl halides is 1.